The van der Waals surface area contributed by atoms with Gasteiger partial charge < -0.3 is 9.80 Å². The van der Waals surface area contributed by atoms with E-state index in [-0.39, 0.29) is 11.9 Å². The van der Waals surface area contributed by atoms with E-state index < -0.39 is 17.6 Å². The molecule has 4 heterocycles. The van der Waals surface area contributed by atoms with E-state index in [4.69, 9.17) is 0 Å². The van der Waals surface area contributed by atoms with Crippen LogP contribution in [0.2, 0.25) is 0 Å². The molecule has 1 aliphatic heterocycles. The fourth-order valence-corrected chi connectivity index (χ4v) is 3.22. The summed E-state index contributed by atoms with van der Waals surface area (Å²) in [4.78, 5) is 11.6. The fourth-order valence-electron chi connectivity index (χ4n) is 3.22. The lowest BCUT2D eigenvalue weighted by molar-refractivity contribution is -0.138. The molecule has 0 radical (unpaired) electrons. The molecule has 0 saturated carbocycles. The molecule has 0 atom stereocenters. The van der Waals surface area contributed by atoms with Crippen LogP contribution in [0, 0.1) is 5.82 Å². The molecule has 0 aliphatic carbocycles. The summed E-state index contributed by atoms with van der Waals surface area (Å²) in [5.74, 6) is 0.379. The maximum absolute atomic E-state index is 14.2. The predicted molar refractivity (Wildman–Crippen MR) is 93.8 cm³/mol. The van der Waals surface area contributed by atoms with E-state index in [0.717, 1.165) is 12.2 Å². The molecular weight excluding hydrogens is 378 g/mol. The highest BCUT2D eigenvalue weighted by molar-refractivity contribution is 5.66. The quantitative estimate of drug-likeness (QED) is 0.633. The molecule has 0 amide bonds. The number of hydrogen-bond donors (Lipinski definition) is 0. The van der Waals surface area contributed by atoms with Crippen molar-refractivity contribution in [2.24, 2.45) is 0 Å². The summed E-state index contributed by atoms with van der Waals surface area (Å²) in [5, 5.41) is 8.32. The van der Waals surface area contributed by atoms with Crippen molar-refractivity contribution >= 4 is 17.3 Å². The van der Waals surface area contributed by atoms with Crippen LogP contribution in [0.25, 0.3) is 5.65 Å². The van der Waals surface area contributed by atoms with Gasteiger partial charge in [-0.1, -0.05) is 6.92 Å². The number of aryl methyl sites for hydroxylation is 1. The Morgan fingerprint density at radius 3 is 2.61 bits per heavy atom. The Kier molecular flexibility index (Phi) is 4.31. The molecule has 28 heavy (non-hydrogen) atoms. The first-order valence-corrected chi connectivity index (χ1v) is 8.68. The third-order valence-electron chi connectivity index (χ3n) is 4.89. The van der Waals surface area contributed by atoms with Gasteiger partial charge in [0, 0.05) is 45.1 Å². The minimum Gasteiger partial charge on any atom is -0.351 e. The van der Waals surface area contributed by atoms with E-state index in [1.807, 2.05) is 16.2 Å². The van der Waals surface area contributed by atoms with Crippen LogP contribution in [0.5, 0.6) is 0 Å². The second kappa shape index (κ2) is 6.57. The first-order valence-electron chi connectivity index (χ1n) is 8.68. The van der Waals surface area contributed by atoms with Crippen LogP contribution >= 0.6 is 0 Å². The van der Waals surface area contributed by atoms with Crippen molar-refractivity contribution < 1.29 is 17.6 Å². The van der Waals surface area contributed by atoms with Gasteiger partial charge in [0.15, 0.2) is 17.5 Å². The standard InChI is InChI=1S/C17H17F4N7/c1-3-13-24-25-16-15(22-4-5-28(13)16)27-8-11(9-27)26(2)14-12(18)6-10(7-23-14)17(19,20)21/h4-7,11H,3,8-9H2,1-2H3. The maximum atomic E-state index is 14.2. The van der Waals surface area contributed by atoms with Crippen LogP contribution < -0.4 is 9.80 Å². The van der Waals surface area contributed by atoms with Gasteiger partial charge in [-0.3, -0.25) is 4.40 Å². The third kappa shape index (κ3) is 3.00. The van der Waals surface area contributed by atoms with Gasteiger partial charge in [-0.25, -0.2) is 14.4 Å². The minimum absolute atomic E-state index is 0.112. The number of nitrogens with zero attached hydrogens (tertiary/aromatic N) is 7. The van der Waals surface area contributed by atoms with E-state index in [1.54, 1.807) is 24.3 Å². The van der Waals surface area contributed by atoms with E-state index in [1.165, 1.54) is 0 Å². The number of anilines is 2. The molecule has 1 saturated heterocycles. The molecule has 148 valence electrons. The number of alkyl halides is 3. The zero-order chi connectivity index (χ0) is 20.1. The largest absolute Gasteiger partial charge is 0.417 e. The van der Waals surface area contributed by atoms with Crippen LogP contribution in [0.3, 0.4) is 0 Å². The molecule has 7 nitrogen and oxygen atoms in total. The zero-order valence-electron chi connectivity index (χ0n) is 15.2. The molecule has 3 aromatic rings. The Morgan fingerprint density at radius 1 is 1.21 bits per heavy atom. The SMILES string of the molecule is CCc1nnc2c(N3CC(N(C)c4ncc(C(F)(F)F)cc4F)C3)nccn12. The third-order valence-corrected chi connectivity index (χ3v) is 4.89. The molecule has 0 bridgehead atoms. The smallest absolute Gasteiger partial charge is 0.351 e. The highest BCUT2D eigenvalue weighted by Gasteiger charge is 2.36. The molecule has 4 rings (SSSR count). The van der Waals surface area contributed by atoms with Crippen molar-refractivity contribution in [1.29, 1.82) is 0 Å². The molecule has 1 fully saturated rings. The average Bonchev–Trinajstić information content (AvgIpc) is 3.03. The van der Waals surface area contributed by atoms with Crippen LogP contribution in [0.4, 0.5) is 29.2 Å². The normalized spacial score (nSPS) is 15.1. The predicted octanol–water partition coefficient (Wildman–Crippen LogP) is 2.56. The van der Waals surface area contributed by atoms with Gasteiger partial charge in [0.25, 0.3) is 0 Å². The van der Waals surface area contributed by atoms with Crippen LogP contribution in [-0.2, 0) is 12.6 Å². The van der Waals surface area contributed by atoms with E-state index in [9.17, 15) is 17.6 Å². The number of hydrogen-bond acceptors (Lipinski definition) is 6. The lowest BCUT2D eigenvalue weighted by Gasteiger charge is -2.44. The van der Waals surface area contributed by atoms with Gasteiger partial charge in [-0.05, 0) is 6.07 Å². The van der Waals surface area contributed by atoms with Crippen molar-refractivity contribution in [2.75, 3.05) is 29.9 Å². The topological polar surface area (TPSA) is 62.5 Å². The molecule has 3 aromatic heterocycles. The molecular formula is C17H17F4N7. The highest BCUT2D eigenvalue weighted by atomic mass is 19.4. The Labute approximate surface area is 157 Å². The van der Waals surface area contributed by atoms with Gasteiger partial charge in [-0.2, -0.15) is 13.2 Å². The fraction of sp³-hybridized carbons (Fsp3) is 0.412. The van der Waals surface area contributed by atoms with Gasteiger partial charge in [0.2, 0.25) is 5.65 Å². The summed E-state index contributed by atoms with van der Waals surface area (Å²) in [7, 11) is 1.61. The maximum Gasteiger partial charge on any atom is 0.417 e. The van der Waals surface area contributed by atoms with Crippen LogP contribution in [0.1, 0.15) is 18.3 Å². The van der Waals surface area contributed by atoms with E-state index >= 15 is 0 Å². The number of fused-ring (bicyclic) bond motifs is 1. The Bertz CT molecular complexity index is 1010. The van der Waals surface area contributed by atoms with Gasteiger partial charge in [0.1, 0.15) is 5.82 Å². The second-order valence-electron chi connectivity index (χ2n) is 6.61. The summed E-state index contributed by atoms with van der Waals surface area (Å²) in [5.41, 5.74) is -0.467. The van der Waals surface area contributed by atoms with Crippen molar-refractivity contribution in [3.8, 4) is 0 Å². The van der Waals surface area contributed by atoms with Crippen molar-refractivity contribution in [3.05, 3.63) is 41.9 Å². The Morgan fingerprint density at radius 2 is 1.96 bits per heavy atom. The zero-order valence-corrected chi connectivity index (χ0v) is 15.2. The lowest BCUT2D eigenvalue weighted by atomic mass is 10.1. The van der Waals surface area contributed by atoms with E-state index in [0.29, 0.717) is 36.8 Å². The molecule has 0 unspecified atom stereocenters. The molecule has 0 spiro atoms. The number of halogens is 4. The van der Waals surface area contributed by atoms with Crippen molar-refractivity contribution in [2.45, 2.75) is 25.6 Å². The first kappa shape index (κ1) is 18.4. The lowest BCUT2D eigenvalue weighted by Crippen LogP contribution is -2.59. The summed E-state index contributed by atoms with van der Waals surface area (Å²) in [6.45, 7) is 3.01. The number of aromatic nitrogens is 5. The first-order chi connectivity index (χ1) is 13.3. The Balaban J connectivity index is 1.51. The number of likely N-dealkylation sites (N-methyl/N-ethyl adjacent to an activating group) is 1. The van der Waals surface area contributed by atoms with Gasteiger partial charge in [0.05, 0.1) is 11.6 Å². The van der Waals surface area contributed by atoms with Crippen molar-refractivity contribution in [3.63, 3.8) is 0 Å². The van der Waals surface area contributed by atoms with Crippen LogP contribution in [0.15, 0.2) is 24.7 Å². The Hall–Kier alpha value is -2.98. The van der Waals surface area contributed by atoms with E-state index in [2.05, 4.69) is 20.2 Å². The van der Waals surface area contributed by atoms with Crippen molar-refractivity contribution in [1.82, 2.24) is 24.6 Å². The monoisotopic (exact) mass is 395 g/mol. The average molecular weight is 395 g/mol. The summed E-state index contributed by atoms with van der Waals surface area (Å²) < 4.78 is 54.1. The van der Waals surface area contributed by atoms with Gasteiger partial charge in [-0.15, -0.1) is 10.2 Å². The van der Waals surface area contributed by atoms with Crippen LogP contribution in [-0.4, -0.2) is 50.7 Å². The number of pyridine rings is 1. The molecule has 0 aromatic carbocycles. The van der Waals surface area contributed by atoms with Gasteiger partial charge >= 0.3 is 6.18 Å². The highest BCUT2D eigenvalue weighted by Crippen LogP contribution is 2.32. The molecule has 11 heteroatoms. The molecule has 1 aliphatic rings. The second-order valence-corrected chi connectivity index (χ2v) is 6.61. The summed E-state index contributed by atoms with van der Waals surface area (Å²) >= 11 is 0. The minimum atomic E-state index is -4.63. The summed E-state index contributed by atoms with van der Waals surface area (Å²) in [6.07, 6.45) is 0.213. The molecule has 0 N–H and O–H groups in total. The summed E-state index contributed by atoms with van der Waals surface area (Å²) in [6, 6.07) is 0.356. The number of rotatable bonds is 4.